The van der Waals surface area contributed by atoms with Gasteiger partial charge in [0.05, 0.1) is 0 Å². The molecule has 0 saturated heterocycles. The lowest BCUT2D eigenvalue weighted by atomic mass is 9.71. The van der Waals surface area contributed by atoms with Crippen LogP contribution in [0.1, 0.15) is 59.3 Å². The normalized spacial score (nSPS) is 24.9. The minimum Gasteiger partial charge on any atom is -0.290 e. The molecule has 0 spiro atoms. The number of rotatable bonds is 6. The van der Waals surface area contributed by atoms with Crippen LogP contribution in [0.25, 0.3) is 0 Å². The second-order valence-electron chi connectivity index (χ2n) is 6.99. The Labute approximate surface area is 140 Å². The zero-order valence-electron chi connectivity index (χ0n) is 14.7. The Balaban J connectivity index is 2.22. The first-order valence-corrected chi connectivity index (χ1v) is 8.77. The van der Waals surface area contributed by atoms with Crippen LogP contribution in [-0.4, -0.2) is 11.6 Å². The fourth-order valence-corrected chi connectivity index (χ4v) is 3.57. The van der Waals surface area contributed by atoms with Crippen molar-refractivity contribution >= 4 is 11.6 Å². The van der Waals surface area contributed by atoms with Gasteiger partial charge in [-0.05, 0) is 57.6 Å². The Morgan fingerprint density at radius 1 is 1.22 bits per heavy atom. The van der Waals surface area contributed by atoms with E-state index in [-0.39, 0.29) is 23.4 Å². The Kier molecular flexibility index (Phi) is 5.92. The van der Waals surface area contributed by atoms with Gasteiger partial charge < -0.3 is 0 Å². The number of carbonyl (C=O) groups excluding carboxylic acids is 2. The van der Waals surface area contributed by atoms with Gasteiger partial charge in [-0.2, -0.15) is 0 Å². The van der Waals surface area contributed by atoms with Crippen LogP contribution >= 0.6 is 0 Å². The number of allylic oxidation sites excluding steroid dienone is 7. The standard InChI is InChI=1S/C21H28O2/c1-5-6-7-8-16-12-21(23)19(13-20(16)22)18-11-15(4)9-10-17(18)14(2)3/h11-13,17-18H,2,5-10H2,1,3-4H3/t17?,18-/m1/s1. The Morgan fingerprint density at radius 2 is 1.96 bits per heavy atom. The lowest BCUT2D eigenvalue weighted by molar-refractivity contribution is -0.115. The highest BCUT2D eigenvalue weighted by molar-refractivity contribution is 6.20. The average molecular weight is 312 g/mol. The van der Waals surface area contributed by atoms with Crippen molar-refractivity contribution in [2.75, 3.05) is 0 Å². The SMILES string of the molecule is C=C(C)C1CCC(C)=C[C@H]1C1=CC(=O)C(CCCCC)=CC1=O. The monoisotopic (exact) mass is 312 g/mol. The first kappa shape index (κ1) is 17.7. The summed E-state index contributed by atoms with van der Waals surface area (Å²) in [6, 6.07) is 0. The molecule has 0 aromatic rings. The van der Waals surface area contributed by atoms with Gasteiger partial charge in [0.1, 0.15) is 0 Å². The van der Waals surface area contributed by atoms with E-state index in [1.807, 2.05) is 6.92 Å². The van der Waals surface area contributed by atoms with Gasteiger partial charge >= 0.3 is 0 Å². The van der Waals surface area contributed by atoms with Crippen LogP contribution in [0, 0.1) is 11.8 Å². The predicted molar refractivity (Wildman–Crippen MR) is 95.1 cm³/mol. The predicted octanol–water partition coefficient (Wildman–Crippen LogP) is 5.12. The minimum absolute atomic E-state index is 0.00569. The molecule has 0 aromatic heterocycles. The molecule has 2 atom stereocenters. The summed E-state index contributed by atoms with van der Waals surface area (Å²) in [7, 11) is 0. The summed E-state index contributed by atoms with van der Waals surface area (Å²) in [5, 5.41) is 0. The van der Waals surface area contributed by atoms with Crippen molar-refractivity contribution < 1.29 is 9.59 Å². The summed E-state index contributed by atoms with van der Waals surface area (Å²) in [6.07, 6.45) is 11.3. The molecule has 0 fully saturated rings. The molecule has 0 radical (unpaired) electrons. The van der Waals surface area contributed by atoms with E-state index in [2.05, 4.69) is 26.5 Å². The molecule has 0 saturated carbocycles. The second-order valence-corrected chi connectivity index (χ2v) is 6.99. The average Bonchev–Trinajstić information content (AvgIpc) is 2.50. The maximum Gasteiger partial charge on any atom is 0.182 e. The Bertz CT molecular complexity index is 601. The summed E-state index contributed by atoms with van der Waals surface area (Å²) >= 11 is 0. The van der Waals surface area contributed by atoms with Crippen molar-refractivity contribution in [1.82, 2.24) is 0 Å². The van der Waals surface area contributed by atoms with Gasteiger partial charge in [-0.15, -0.1) is 0 Å². The van der Waals surface area contributed by atoms with Crippen LogP contribution in [-0.2, 0) is 9.59 Å². The molecular formula is C21H28O2. The molecule has 0 aromatic carbocycles. The van der Waals surface area contributed by atoms with Crippen molar-refractivity contribution in [3.8, 4) is 0 Å². The quantitative estimate of drug-likeness (QED) is 0.387. The molecule has 0 amide bonds. The Hall–Kier alpha value is -1.70. The maximum atomic E-state index is 12.6. The summed E-state index contributed by atoms with van der Waals surface area (Å²) in [4.78, 5) is 25.0. The zero-order valence-corrected chi connectivity index (χ0v) is 14.7. The van der Waals surface area contributed by atoms with E-state index in [1.54, 1.807) is 12.2 Å². The summed E-state index contributed by atoms with van der Waals surface area (Å²) < 4.78 is 0. The van der Waals surface area contributed by atoms with E-state index in [4.69, 9.17) is 0 Å². The molecule has 124 valence electrons. The summed E-state index contributed by atoms with van der Waals surface area (Å²) in [6.45, 7) is 10.3. The fraction of sp³-hybridized carbons (Fsp3) is 0.524. The molecule has 1 unspecified atom stereocenters. The minimum atomic E-state index is 0.00569. The third-order valence-electron chi connectivity index (χ3n) is 4.98. The van der Waals surface area contributed by atoms with Crippen LogP contribution in [0.4, 0.5) is 0 Å². The fourth-order valence-electron chi connectivity index (χ4n) is 3.57. The molecule has 23 heavy (non-hydrogen) atoms. The second kappa shape index (κ2) is 7.72. The van der Waals surface area contributed by atoms with E-state index in [9.17, 15) is 9.59 Å². The van der Waals surface area contributed by atoms with Gasteiger partial charge in [0.2, 0.25) is 0 Å². The van der Waals surface area contributed by atoms with Crippen LogP contribution < -0.4 is 0 Å². The van der Waals surface area contributed by atoms with Crippen molar-refractivity contribution in [1.29, 1.82) is 0 Å². The molecule has 0 heterocycles. The van der Waals surface area contributed by atoms with E-state index in [1.165, 1.54) is 5.57 Å². The number of unbranched alkanes of at least 4 members (excludes halogenated alkanes) is 2. The lowest BCUT2D eigenvalue weighted by Gasteiger charge is -2.32. The van der Waals surface area contributed by atoms with Gasteiger partial charge in [-0.3, -0.25) is 9.59 Å². The van der Waals surface area contributed by atoms with Crippen molar-refractivity contribution in [2.45, 2.75) is 59.3 Å². The molecule has 0 aliphatic heterocycles. The highest BCUT2D eigenvalue weighted by Crippen LogP contribution is 2.39. The molecule has 0 N–H and O–H groups in total. The van der Waals surface area contributed by atoms with Gasteiger partial charge in [0.15, 0.2) is 11.6 Å². The molecule has 2 heteroatoms. The smallest absolute Gasteiger partial charge is 0.182 e. The summed E-state index contributed by atoms with van der Waals surface area (Å²) in [5.74, 6) is 0.300. The molecule has 2 aliphatic rings. The van der Waals surface area contributed by atoms with Crippen LogP contribution in [0.3, 0.4) is 0 Å². The number of ketones is 2. The highest BCUT2D eigenvalue weighted by Gasteiger charge is 2.32. The molecule has 2 nitrogen and oxygen atoms in total. The number of hydrogen-bond acceptors (Lipinski definition) is 2. The van der Waals surface area contributed by atoms with E-state index < -0.39 is 0 Å². The zero-order chi connectivity index (χ0) is 17.0. The largest absolute Gasteiger partial charge is 0.290 e. The van der Waals surface area contributed by atoms with Crippen LogP contribution in [0.15, 0.2) is 47.1 Å². The van der Waals surface area contributed by atoms with E-state index >= 15 is 0 Å². The molecule has 2 rings (SSSR count). The van der Waals surface area contributed by atoms with Gasteiger partial charge in [-0.1, -0.05) is 43.6 Å². The van der Waals surface area contributed by atoms with E-state index in [0.717, 1.165) is 37.7 Å². The molecule has 0 bridgehead atoms. The van der Waals surface area contributed by atoms with Crippen molar-refractivity contribution in [3.63, 3.8) is 0 Å². The number of hydrogen-bond donors (Lipinski definition) is 0. The highest BCUT2D eigenvalue weighted by atomic mass is 16.1. The van der Waals surface area contributed by atoms with E-state index in [0.29, 0.717) is 17.6 Å². The summed E-state index contributed by atoms with van der Waals surface area (Å²) in [5.41, 5.74) is 3.72. The van der Waals surface area contributed by atoms with Gasteiger partial charge in [0.25, 0.3) is 0 Å². The Morgan fingerprint density at radius 3 is 2.61 bits per heavy atom. The number of carbonyl (C=O) groups is 2. The van der Waals surface area contributed by atoms with Crippen molar-refractivity contribution in [3.05, 3.63) is 47.1 Å². The van der Waals surface area contributed by atoms with Gasteiger partial charge in [0, 0.05) is 17.1 Å². The molecular weight excluding hydrogens is 284 g/mol. The first-order chi connectivity index (χ1) is 10.9. The van der Waals surface area contributed by atoms with Crippen LogP contribution in [0.2, 0.25) is 0 Å². The maximum absolute atomic E-state index is 12.6. The molecule has 2 aliphatic carbocycles. The topological polar surface area (TPSA) is 34.1 Å². The van der Waals surface area contributed by atoms with Gasteiger partial charge in [-0.25, -0.2) is 0 Å². The third kappa shape index (κ3) is 4.19. The third-order valence-corrected chi connectivity index (χ3v) is 4.98. The first-order valence-electron chi connectivity index (χ1n) is 8.77. The van der Waals surface area contributed by atoms with Crippen LogP contribution in [0.5, 0.6) is 0 Å². The lowest BCUT2D eigenvalue weighted by Crippen LogP contribution is -2.26. The van der Waals surface area contributed by atoms with Crippen molar-refractivity contribution in [2.24, 2.45) is 11.8 Å².